The van der Waals surface area contributed by atoms with Crippen LogP contribution >= 0.6 is 11.6 Å². The Balaban J connectivity index is 2.32. The van der Waals surface area contributed by atoms with Crippen molar-refractivity contribution < 1.29 is 14.1 Å². The second-order valence-electron chi connectivity index (χ2n) is 3.76. The Bertz CT molecular complexity index is 649. The Labute approximate surface area is 112 Å². The zero-order chi connectivity index (χ0) is 14.0. The number of nitrogens with zero attached hydrogens (tertiary/aromatic N) is 2. The Hall–Kier alpha value is -2.21. The maximum Gasteiger partial charge on any atom is 0.277 e. The number of ether oxygens (including phenoxy) is 1. The van der Waals surface area contributed by atoms with E-state index in [0.29, 0.717) is 11.3 Å². The van der Waals surface area contributed by atoms with Crippen LogP contribution in [0.4, 0.5) is 10.1 Å². The third-order valence-electron chi connectivity index (χ3n) is 2.32. The Morgan fingerprint density at radius 2 is 2.11 bits per heavy atom. The van der Waals surface area contributed by atoms with Gasteiger partial charge in [0.05, 0.1) is 17.1 Å². The molecule has 1 heterocycles. The molecule has 1 aromatic heterocycles. The fourth-order valence-corrected chi connectivity index (χ4v) is 1.61. The van der Waals surface area contributed by atoms with Gasteiger partial charge in [-0.15, -0.1) is 0 Å². The number of nitro groups is 1. The molecule has 0 unspecified atom stereocenters. The van der Waals surface area contributed by atoms with Crippen LogP contribution in [-0.2, 0) is 0 Å². The third-order valence-corrected chi connectivity index (χ3v) is 2.51. The number of hydrogen-bond acceptors (Lipinski definition) is 4. The lowest BCUT2D eigenvalue weighted by molar-refractivity contribution is -0.385. The van der Waals surface area contributed by atoms with E-state index >= 15 is 0 Å². The van der Waals surface area contributed by atoms with Gasteiger partial charge in [0.2, 0.25) is 5.88 Å². The Morgan fingerprint density at radius 3 is 2.74 bits per heavy atom. The van der Waals surface area contributed by atoms with E-state index in [1.54, 1.807) is 6.92 Å². The lowest BCUT2D eigenvalue weighted by Crippen LogP contribution is -1.94. The van der Waals surface area contributed by atoms with Crippen molar-refractivity contribution in [2.45, 2.75) is 6.92 Å². The van der Waals surface area contributed by atoms with Crippen molar-refractivity contribution in [2.75, 3.05) is 0 Å². The molecule has 0 saturated carbocycles. The predicted molar refractivity (Wildman–Crippen MR) is 67.1 cm³/mol. The summed E-state index contributed by atoms with van der Waals surface area (Å²) in [6.45, 7) is 1.58. The third kappa shape index (κ3) is 3.17. The van der Waals surface area contributed by atoms with Crippen LogP contribution in [-0.4, -0.2) is 9.91 Å². The van der Waals surface area contributed by atoms with Crippen LogP contribution in [0.3, 0.4) is 0 Å². The molecule has 0 radical (unpaired) electrons. The van der Waals surface area contributed by atoms with E-state index < -0.39 is 4.92 Å². The van der Waals surface area contributed by atoms with Gasteiger partial charge in [0.15, 0.2) is 0 Å². The first kappa shape index (κ1) is 13.2. The van der Waals surface area contributed by atoms with Crippen molar-refractivity contribution in [3.8, 4) is 11.6 Å². The molecule has 7 heteroatoms. The average Bonchev–Trinajstić information content (AvgIpc) is 2.33. The minimum Gasteiger partial charge on any atom is -0.439 e. The molecule has 98 valence electrons. The van der Waals surface area contributed by atoms with E-state index in [1.165, 1.54) is 18.2 Å². The summed E-state index contributed by atoms with van der Waals surface area (Å²) in [5.74, 6) is -0.0643. The van der Waals surface area contributed by atoms with Crippen molar-refractivity contribution in [3.63, 3.8) is 0 Å². The average molecular weight is 283 g/mol. The molecule has 0 spiro atoms. The number of benzene rings is 1. The number of hydrogen-bond donors (Lipinski definition) is 0. The molecule has 19 heavy (non-hydrogen) atoms. The van der Waals surface area contributed by atoms with Gasteiger partial charge in [-0.2, -0.15) is 0 Å². The molecule has 0 amide bonds. The normalized spacial score (nSPS) is 10.3. The second-order valence-corrected chi connectivity index (χ2v) is 4.14. The van der Waals surface area contributed by atoms with Gasteiger partial charge in [0.1, 0.15) is 16.7 Å². The summed E-state index contributed by atoms with van der Waals surface area (Å²) in [7, 11) is 0. The van der Waals surface area contributed by atoms with Gasteiger partial charge in [0.25, 0.3) is 5.69 Å². The fourth-order valence-electron chi connectivity index (χ4n) is 1.42. The molecular weight excluding hydrogens is 275 g/mol. The quantitative estimate of drug-likeness (QED) is 0.487. The summed E-state index contributed by atoms with van der Waals surface area (Å²) in [4.78, 5) is 13.9. The fraction of sp³-hybridized carbons (Fsp3) is 0.0833. The summed E-state index contributed by atoms with van der Waals surface area (Å²) in [6.07, 6.45) is 0. The maximum absolute atomic E-state index is 13.1. The van der Waals surface area contributed by atoms with E-state index in [4.69, 9.17) is 16.3 Å². The molecule has 0 aliphatic carbocycles. The first-order chi connectivity index (χ1) is 8.95. The Kier molecular flexibility index (Phi) is 3.62. The van der Waals surface area contributed by atoms with Crippen molar-refractivity contribution >= 4 is 17.3 Å². The van der Waals surface area contributed by atoms with Crippen LogP contribution in [0, 0.1) is 22.9 Å². The number of pyridine rings is 1. The molecular formula is C12H8ClFN2O3. The van der Waals surface area contributed by atoms with E-state index in [1.807, 2.05) is 0 Å². The lowest BCUT2D eigenvalue weighted by atomic mass is 10.2. The van der Waals surface area contributed by atoms with Gasteiger partial charge in [-0.3, -0.25) is 10.1 Å². The standard InChI is InChI=1S/C12H8ClFN2O3/c1-7-4-9(2-3-10(7)14)19-12-6-8(16(17)18)5-11(13)15-12/h2-6H,1H3. The van der Waals surface area contributed by atoms with E-state index in [2.05, 4.69) is 4.98 Å². The van der Waals surface area contributed by atoms with Crippen LogP contribution < -0.4 is 4.74 Å². The van der Waals surface area contributed by atoms with Crippen LogP contribution in [0.25, 0.3) is 0 Å². The van der Waals surface area contributed by atoms with E-state index in [0.717, 1.165) is 12.1 Å². The first-order valence-electron chi connectivity index (χ1n) is 5.21. The van der Waals surface area contributed by atoms with Crippen LogP contribution in [0.2, 0.25) is 5.15 Å². The van der Waals surface area contributed by atoms with Gasteiger partial charge in [-0.1, -0.05) is 11.6 Å². The van der Waals surface area contributed by atoms with E-state index in [-0.39, 0.29) is 22.5 Å². The molecule has 5 nitrogen and oxygen atoms in total. The zero-order valence-electron chi connectivity index (χ0n) is 9.76. The molecule has 0 fully saturated rings. The highest BCUT2D eigenvalue weighted by molar-refractivity contribution is 6.29. The molecule has 2 aromatic rings. The van der Waals surface area contributed by atoms with Crippen LogP contribution in [0.1, 0.15) is 5.56 Å². The highest BCUT2D eigenvalue weighted by atomic mass is 35.5. The van der Waals surface area contributed by atoms with Crippen molar-refractivity contribution in [2.24, 2.45) is 0 Å². The molecule has 0 aliphatic rings. The second kappa shape index (κ2) is 5.19. The summed E-state index contributed by atoms with van der Waals surface area (Å²) in [5, 5.41) is 10.6. The monoisotopic (exact) mass is 282 g/mol. The Morgan fingerprint density at radius 1 is 1.37 bits per heavy atom. The topological polar surface area (TPSA) is 65.3 Å². The van der Waals surface area contributed by atoms with Crippen molar-refractivity contribution in [1.82, 2.24) is 4.98 Å². The molecule has 0 N–H and O–H groups in total. The molecule has 0 atom stereocenters. The zero-order valence-corrected chi connectivity index (χ0v) is 10.5. The minimum absolute atomic E-state index is 0.0230. The van der Waals surface area contributed by atoms with Gasteiger partial charge in [0, 0.05) is 0 Å². The highest BCUT2D eigenvalue weighted by Crippen LogP contribution is 2.27. The highest BCUT2D eigenvalue weighted by Gasteiger charge is 2.12. The SMILES string of the molecule is Cc1cc(Oc2cc([N+](=O)[O-])cc(Cl)n2)ccc1F. The number of halogens is 2. The summed E-state index contributed by atoms with van der Waals surface area (Å²) >= 11 is 5.66. The first-order valence-corrected chi connectivity index (χ1v) is 5.59. The summed E-state index contributed by atoms with van der Waals surface area (Å²) in [6, 6.07) is 6.36. The molecule has 1 aromatic carbocycles. The maximum atomic E-state index is 13.1. The van der Waals surface area contributed by atoms with Crippen molar-refractivity contribution in [1.29, 1.82) is 0 Å². The number of aromatic nitrogens is 1. The van der Waals surface area contributed by atoms with E-state index in [9.17, 15) is 14.5 Å². The van der Waals surface area contributed by atoms with Crippen LogP contribution in [0.15, 0.2) is 30.3 Å². The van der Waals surface area contributed by atoms with Gasteiger partial charge in [-0.05, 0) is 30.7 Å². The van der Waals surface area contributed by atoms with Gasteiger partial charge >= 0.3 is 0 Å². The number of aryl methyl sites for hydroxylation is 1. The summed E-state index contributed by atoms with van der Waals surface area (Å²) < 4.78 is 18.4. The largest absolute Gasteiger partial charge is 0.439 e. The van der Waals surface area contributed by atoms with Gasteiger partial charge < -0.3 is 4.74 Å². The van der Waals surface area contributed by atoms with Crippen molar-refractivity contribution in [3.05, 3.63) is 57.0 Å². The molecule has 0 bridgehead atoms. The molecule has 2 rings (SSSR count). The van der Waals surface area contributed by atoms with Crippen LogP contribution in [0.5, 0.6) is 11.6 Å². The molecule has 0 aliphatic heterocycles. The predicted octanol–water partition coefficient (Wildman–Crippen LogP) is 3.88. The lowest BCUT2D eigenvalue weighted by Gasteiger charge is -2.06. The van der Waals surface area contributed by atoms with Gasteiger partial charge in [-0.25, -0.2) is 9.37 Å². The smallest absolute Gasteiger partial charge is 0.277 e. The molecule has 0 saturated heterocycles. The minimum atomic E-state index is -0.601. The summed E-state index contributed by atoms with van der Waals surface area (Å²) in [5.41, 5.74) is 0.169. The number of rotatable bonds is 3.